The van der Waals surface area contributed by atoms with Crippen LogP contribution in [0.3, 0.4) is 0 Å². The van der Waals surface area contributed by atoms with Gasteiger partial charge in [-0.2, -0.15) is 0 Å². The Morgan fingerprint density at radius 3 is 2.69 bits per heavy atom. The van der Waals surface area contributed by atoms with Crippen molar-refractivity contribution in [3.8, 4) is 5.75 Å². The topological polar surface area (TPSA) is 45.7 Å². The maximum atomic E-state index is 12.9. The highest BCUT2D eigenvalue weighted by atomic mass is 32.1. The standard InChI is InChI=1S/C23H27N3O2S/c1-3-4-15-28-19-9-6-8-18(16-19)22(27)25-11-13-26(14-12-25)23-24-21-17(2)7-5-10-20(21)29-23/h5-10,16H,3-4,11-15H2,1-2H3. The second-order valence-electron chi connectivity index (χ2n) is 7.43. The van der Waals surface area contributed by atoms with Crippen molar-refractivity contribution in [2.75, 3.05) is 37.7 Å². The van der Waals surface area contributed by atoms with Crippen LogP contribution in [0.25, 0.3) is 10.2 Å². The molecule has 0 unspecified atom stereocenters. The van der Waals surface area contributed by atoms with Gasteiger partial charge in [0.2, 0.25) is 0 Å². The number of carbonyl (C=O) groups excluding carboxylic acids is 1. The Hall–Kier alpha value is -2.60. The van der Waals surface area contributed by atoms with Crippen LogP contribution in [0.2, 0.25) is 0 Å². The van der Waals surface area contributed by atoms with Gasteiger partial charge in [-0.3, -0.25) is 4.79 Å². The largest absolute Gasteiger partial charge is 0.494 e. The van der Waals surface area contributed by atoms with Crippen molar-refractivity contribution in [2.45, 2.75) is 26.7 Å². The van der Waals surface area contributed by atoms with Gasteiger partial charge in [0.25, 0.3) is 5.91 Å². The van der Waals surface area contributed by atoms with E-state index in [2.05, 4.69) is 36.9 Å². The molecule has 2 aromatic carbocycles. The molecule has 1 fully saturated rings. The summed E-state index contributed by atoms with van der Waals surface area (Å²) in [5, 5.41) is 1.05. The van der Waals surface area contributed by atoms with E-state index < -0.39 is 0 Å². The summed E-state index contributed by atoms with van der Waals surface area (Å²) in [4.78, 5) is 22.0. The van der Waals surface area contributed by atoms with Gasteiger partial charge in [-0.25, -0.2) is 4.98 Å². The second-order valence-corrected chi connectivity index (χ2v) is 8.44. The molecule has 0 aliphatic carbocycles. The summed E-state index contributed by atoms with van der Waals surface area (Å²) in [6.07, 6.45) is 2.11. The summed E-state index contributed by atoms with van der Waals surface area (Å²) in [5.41, 5.74) is 2.99. The fourth-order valence-corrected chi connectivity index (χ4v) is 4.64. The van der Waals surface area contributed by atoms with E-state index >= 15 is 0 Å². The number of rotatable bonds is 6. The van der Waals surface area contributed by atoms with Crippen molar-refractivity contribution >= 4 is 32.6 Å². The van der Waals surface area contributed by atoms with Crippen LogP contribution in [-0.4, -0.2) is 48.6 Å². The van der Waals surface area contributed by atoms with Crippen molar-refractivity contribution in [1.82, 2.24) is 9.88 Å². The fourth-order valence-electron chi connectivity index (χ4n) is 3.55. The Morgan fingerprint density at radius 1 is 1.14 bits per heavy atom. The number of fused-ring (bicyclic) bond motifs is 1. The number of benzene rings is 2. The lowest BCUT2D eigenvalue weighted by atomic mass is 10.1. The van der Waals surface area contributed by atoms with E-state index in [0.717, 1.165) is 42.3 Å². The van der Waals surface area contributed by atoms with Crippen LogP contribution in [0.5, 0.6) is 5.75 Å². The lowest BCUT2D eigenvalue weighted by Crippen LogP contribution is -2.48. The number of anilines is 1. The van der Waals surface area contributed by atoms with Crippen molar-refractivity contribution in [3.05, 3.63) is 53.6 Å². The molecule has 1 aliphatic rings. The van der Waals surface area contributed by atoms with Crippen LogP contribution in [0.1, 0.15) is 35.7 Å². The Balaban J connectivity index is 1.39. The van der Waals surface area contributed by atoms with Gasteiger partial charge in [0.1, 0.15) is 5.75 Å². The average molecular weight is 410 g/mol. The predicted octanol–water partition coefficient (Wildman–Crippen LogP) is 4.75. The number of ether oxygens (including phenoxy) is 1. The lowest BCUT2D eigenvalue weighted by Gasteiger charge is -2.34. The molecule has 152 valence electrons. The third-order valence-electron chi connectivity index (χ3n) is 5.29. The molecule has 0 radical (unpaired) electrons. The molecule has 1 saturated heterocycles. The lowest BCUT2D eigenvalue weighted by molar-refractivity contribution is 0.0746. The number of aromatic nitrogens is 1. The predicted molar refractivity (Wildman–Crippen MR) is 119 cm³/mol. The van der Waals surface area contributed by atoms with E-state index in [4.69, 9.17) is 9.72 Å². The molecule has 0 atom stereocenters. The number of nitrogens with zero attached hydrogens (tertiary/aromatic N) is 3. The molecule has 29 heavy (non-hydrogen) atoms. The van der Waals surface area contributed by atoms with Gasteiger partial charge in [0.15, 0.2) is 5.13 Å². The molecule has 0 bridgehead atoms. The Labute approximate surface area is 175 Å². The molecule has 1 aromatic heterocycles. The SMILES string of the molecule is CCCCOc1cccc(C(=O)N2CCN(c3nc4c(C)cccc4s3)CC2)c1. The van der Waals surface area contributed by atoms with Crippen molar-refractivity contribution in [2.24, 2.45) is 0 Å². The van der Waals surface area contributed by atoms with Crippen LogP contribution >= 0.6 is 11.3 Å². The van der Waals surface area contributed by atoms with Gasteiger partial charge in [-0.1, -0.05) is 42.9 Å². The normalized spacial score (nSPS) is 14.4. The van der Waals surface area contributed by atoms with Gasteiger partial charge in [0.05, 0.1) is 16.8 Å². The zero-order chi connectivity index (χ0) is 20.2. The van der Waals surface area contributed by atoms with E-state index in [1.54, 1.807) is 11.3 Å². The molecule has 1 aliphatic heterocycles. The number of para-hydroxylation sites is 1. The number of carbonyl (C=O) groups is 1. The molecule has 0 saturated carbocycles. The number of hydrogen-bond donors (Lipinski definition) is 0. The quantitative estimate of drug-likeness (QED) is 0.552. The zero-order valence-corrected chi connectivity index (χ0v) is 17.9. The first-order chi connectivity index (χ1) is 14.2. The number of amides is 1. The Kier molecular flexibility index (Phi) is 6.00. The first kappa shape index (κ1) is 19.7. The van der Waals surface area contributed by atoms with Gasteiger partial charge in [-0.15, -0.1) is 0 Å². The average Bonchev–Trinajstić information content (AvgIpc) is 3.20. The molecule has 1 amide bonds. The van der Waals surface area contributed by atoms with Gasteiger partial charge < -0.3 is 14.5 Å². The first-order valence-electron chi connectivity index (χ1n) is 10.3. The molecule has 4 rings (SSSR count). The van der Waals surface area contributed by atoms with E-state index in [-0.39, 0.29) is 5.91 Å². The van der Waals surface area contributed by atoms with Crippen molar-refractivity contribution in [3.63, 3.8) is 0 Å². The number of thiazole rings is 1. The van der Waals surface area contributed by atoms with Crippen LogP contribution in [0, 0.1) is 6.92 Å². The Morgan fingerprint density at radius 2 is 1.93 bits per heavy atom. The highest BCUT2D eigenvalue weighted by Crippen LogP contribution is 2.31. The summed E-state index contributed by atoms with van der Waals surface area (Å²) >= 11 is 1.73. The second kappa shape index (κ2) is 8.82. The number of hydrogen-bond acceptors (Lipinski definition) is 5. The summed E-state index contributed by atoms with van der Waals surface area (Å²) in [5.74, 6) is 0.846. The molecule has 2 heterocycles. The van der Waals surface area contributed by atoms with E-state index in [1.807, 2.05) is 29.2 Å². The minimum Gasteiger partial charge on any atom is -0.494 e. The number of aryl methyl sites for hydroxylation is 1. The third-order valence-corrected chi connectivity index (χ3v) is 6.38. The minimum atomic E-state index is 0.0748. The van der Waals surface area contributed by atoms with Gasteiger partial charge in [-0.05, 0) is 43.2 Å². The van der Waals surface area contributed by atoms with E-state index in [9.17, 15) is 4.79 Å². The number of piperazine rings is 1. The summed E-state index contributed by atoms with van der Waals surface area (Å²) in [6, 6.07) is 13.9. The molecule has 6 heteroatoms. The first-order valence-corrected chi connectivity index (χ1v) is 11.1. The summed E-state index contributed by atoms with van der Waals surface area (Å²) in [6.45, 7) is 7.94. The van der Waals surface area contributed by atoms with Crippen molar-refractivity contribution in [1.29, 1.82) is 0 Å². The maximum absolute atomic E-state index is 12.9. The fraction of sp³-hybridized carbons (Fsp3) is 0.391. The van der Waals surface area contributed by atoms with Crippen molar-refractivity contribution < 1.29 is 9.53 Å². The zero-order valence-electron chi connectivity index (χ0n) is 17.1. The van der Waals surface area contributed by atoms with Gasteiger partial charge in [0, 0.05) is 31.7 Å². The van der Waals surface area contributed by atoms with Crippen LogP contribution in [0.15, 0.2) is 42.5 Å². The monoisotopic (exact) mass is 409 g/mol. The smallest absolute Gasteiger partial charge is 0.254 e. The number of unbranched alkanes of at least 4 members (excludes halogenated alkanes) is 1. The van der Waals surface area contributed by atoms with Crippen LogP contribution in [0.4, 0.5) is 5.13 Å². The highest BCUT2D eigenvalue weighted by molar-refractivity contribution is 7.22. The molecular weight excluding hydrogens is 382 g/mol. The molecule has 5 nitrogen and oxygen atoms in total. The molecule has 0 N–H and O–H groups in total. The van der Waals surface area contributed by atoms with Gasteiger partial charge >= 0.3 is 0 Å². The van der Waals surface area contributed by atoms with Crippen LogP contribution in [-0.2, 0) is 0 Å². The summed E-state index contributed by atoms with van der Waals surface area (Å²) in [7, 11) is 0. The van der Waals surface area contributed by atoms with E-state index in [1.165, 1.54) is 10.3 Å². The van der Waals surface area contributed by atoms with Crippen LogP contribution < -0.4 is 9.64 Å². The Bertz CT molecular complexity index is 993. The molecule has 0 spiro atoms. The highest BCUT2D eigenvalue weighted by Gasteiger charge is 2.24. The minimum absolute atomic E-state index is 0.0748. The third kappa shape index (κ3) is 4.37. The summed E-state index contributed by atoms with van der Waals surface area (Å²) < 4.78 is 6.97. The molecule has 3 aromatic rings. The van der Waals surface area contributed by atoms with E-state index in [0.29, 0.717) is 25.3 Å². The molecular formula is C23H27N3O2S. The maximum Gasteiger partial charge on any atom is 0.254 e.